The molecule has 1 aromatic carbocycles. The number of anilines is 2. The first-order valence-corrected chi connectivity index (χ1v) is 6.27. The number of aromatic amines is 1. The Morgan fingerprint density at radius 1 is 1.10 bits per heavy atom. The number of rotatable bonds is 2. The van der Waals surface area contributed by atoms with Gasteiger partial charge in [0.15, 0.2) is 0 Å². The van der Waals surface area contributed by atoms with Crippen LogP contribution in [-0.2, 0) is 0 Å². The molecule has 0 fully saturated rings. The van der Waals surface area contributed by atoms with Crippen molar-refractivity contribution in [2.45, 2.75) is 0 Å². The van der Waals surface area contributed by atoms with Gasteiger partial charge in [-0.2, -0.15) is 15.2 Å². The van der Waals surface area contributed by atoms with Crippen LogP contribution in [0.2, 0.25) is 0 Å². The molecule has 3 rings (SSSR count). The number of fused-ring (bicyclic) bond motifs is 1. The van der Waals surface area contributed by atoms with Crippen LogP contribution in [-0.4, -0.2) is 15.0 Å². The number of hydrogen-bond acceptors (Lipinski definition) is 5. The first-order valence-electron chi connectivity index (χ1n) is 6.27. The fourth-order valence-electron chi connectivity index (χ4n) is 2.14. The normalized spacial score (nSPS) is 11.0. The van der Waals surface area contributed by atoms with Gasteiger partial charge in [-0.1, -0.05) is 36.4 Å². The molecule has 0 spiro atoms. The summed E-state index contributed by atoms with van der Waals surface area (Å²) < 4.78 is 0. The predicted octanol–water partition coefficient (Wildman–Crippen LogP) is 2.16. The Balaban J connectivity index is 2.13. The van der Waals surface area contributed by atoms with Gasteiger partial charge in [-0.25, -0.2) is 0 Å². The first kappa shape index (κ1) is 12.7. The Morgan fingerprint density at radius 2 is 1.86 bits per heavy atom. The fourth-order valence-corrected chi connectivity index (χ4v) is 2.14. The van der Waals surface area contributed by atoms with Crippen molar-refractivity contribution < 1.29 is 0 Å². The van der Waals surface area contributed by atoms with Crippen LogP contribution in [0.25, 0.3) is 23.2 Å². The molecule has 5 N–H and O–H groups in total. The lowest BCUT2D eigenvalue weighted by molar-refractivity contribution is 1.22. The summed E-state index contributed by atoms with van der Waals surface area (Å²) in [6, 6.07) is 11.9. The molecular weight excluding hydrogens is 264 g/mol. The standard InChI is InChI=1S/C15H12N6/c16-8-10-11(7-6-9-4-2-1-3-5-9)19-14-12(10)13(17)20-15(18)21-14/h1-7H,(H5,17,18,19,20,21)/b7-6+. The lowest BCUT2D eigenvalue weighted by Crippen LogP contribution is -1.99. The third-order valence-electron chi connectivity index (χ3n) is 3.08. The second-order valence-corrected chi connectivity index (χ2v) is 4.46. The minimum Gasteiger partial charge on any atom is -0.383 e. The van der Waals surface area contributed by atoms with Crippen molar-refractivity contribution in [3.63, 3.8) is 0 Å². The highest BCUT2D eigenvalue weighted by Gasteiger charge is 2.14. The summed E-state index contributed by atoms with van der Waals surface area (Å²) >= 11 is 0. The number of benzene rings is 1. The van der Waals surface area contributed by atoms with Crippen molar-refractivity contribution in [3.05, 3.63) is 47.2 Å². The molecule has 0 aliphatic rings. The van der Waals surface area contributed by atoms with Crippen molar-refractivity contribution in [2.24, 2.45) is 0 Å². The Morgan fingerprint density at radius 3 is 2.57 bits per heavy atom. The molecule has 0 atom stereocenters. The Labute approximate surface area is 120 Å². The molecule has 3 aromatic rings. The monoisotopic (exact) mass is 276 g/mol. The summed E-state index contributed by atoms with van der Waals surface area (Å²) in [7, 11) is 0. The van der Waals surface area contributed by atoms with Gasteiger partial charge in [0.1, 0.15) is 17.5 Å². The number of hydrogen-bond donors (Lipinski definition) is 3. The van der Waals surface area contributed by atoms with E-state index in [2.05, 4.69) is 21.0 Å². The zero-order valence-electron chi connectivity index (χ0n) is 11.0. The van der Waals surface area contributed by atoms with Gasteiger partial charge in [-0.05, 0) is 11.6 Å². The minimum atomic E-state index is 0.0735. The highest BCUT2D eigenvalue weighted by molar-refractivity contribution is 5.96. The zero-order chi connectivity index (χ0) is 14.8. The third-order valence-corrected chi connectivity index (χ3v) is 3.08. The molecule has 0 radical (unpaired) electrons. The molecule has 2 aromatic heterocycles. The average Bonchev–Trinajstić information content (AvgIpc) is 2.83. The zero-order valence-corrected chi connectivity index (χ0v) is 11.0. The summed E-state index contributed by atoms with van der Waals surface area (Å²) in [4.78, 5) is 11.0. The van der Waals surface area contributed by atoms with E-state index in [9.17, 15) is 5.26 Å². The lowest BCUT2D eigenvalue weighted by Gasteiger charge is -1.96. The quantitative estimate of drug-likeness (QED) is 0.663. The Kier molecular flexibility index (Phi) is 3.01. The van der Waals surface area contributed by atoms with Crippen LogP contribution in [0.3, 0.4) is 0 Å². The van der Waals surface area contributed by atoms with Crippen molar-refractivity contribution in [1.29, 1.82) is 5.26 Å². The SMILES string of the molecule is N#Cc1c(/C=C/c2ccccc2)[nH]c2nc(N)nc(N)c12. The molecule has 102 valence electrons. The van der Waals surface area contributed by atoms with Crippen LogP contribution < -0.4 is 11.5 Å². The minimum absolute atomic E-state index is 0.0735. The molecule has 0 aliphatic carbocycles. The molecule has 0 saturated carbocycles. The van der Waals surface area contributed by atoms with Crippen LogP contribution in [0.1, 0.15) is 16.8 Å². The summed E-state index contributed by atoms with van der Waals surface area (Å²) in [5, 5.41) is 9.85. The maximum absolute atomic E-state index is 9.35. The molecule has 21 heavy (non-hydrogen) atoms. The van der Waals surface area contributed by atoms with E-state index in [-0.39, 0.29) is 11.8 Å². The van der Waals surface area contributed by atoms with E-state index in [1.165, 1.54) is 0 Å². The van der Waals surface area contributed by atoms with Crippen LogP contribution in [0.5, 0.6) is 0 Å². The number of nitriles is 1. The van der Waals surface area contributed by atoms with E-state index in [1.54, 1.807) is 0 Å². The van der Waals surface area contributed by atoms with E-state index < -0.39 is 0 Å². The fraction of sp³-hybridized carbons (Fsp3) is 0. The molecule has 0 aliphatic heterocycles. The number of nitrogen functional groups attached to an aromatic ring is 2. The van der Waals surface area contributed by atoms with Gasteiger partial charge in [0.2, 0.25) is 5.95 Å². The average molecular weight is 276 g/mol. The van der Waals surface area contributed by atoms with E-state index in [1.807, 2.05) is 42.5 Å². The van der Waals surface area contributed by atoms with Gasteiger partial charge >= 0.3 is 0 Å². The summed E-state index contributed by atoms with van der Waals surface area (Å²) in [6.45, 7) is 0. The second-order valence-electron chi connectivity index (χ2n) is 4.46. The van der Waals surface area contributed by atoms with Crippen molar-refractivity contribution in [2.75, 3.05) is 11.5 Å². The molecule has 0 bridgehead atoms. The largest absolute Gasteiger partial charge is 0.383 e. The summed E-state index contributed by atoms with van der Waals surface area (Å²) in [5.41, 5.74) is 13.9. The highest BCUT2D eigenvalue weighted by Crippen LogP contribution is 2.26. The number of H-pyrrole nitrogens is 1. The molecule has 6 nitrogen and oxygen atoms in total. The molecular formula is C15H12N6. The number of aromatic nitrogens is 3. The van der Waals surface area contributed by atoms with Gasteiger partial charge < -0.3 is 16.5 Å². The molecule has 0 unspecified atom stereocenters. The van der Waals surface area contributed by atoms with Crippen LogP contribution in [0.4, 0.5) is 11.8 Å². The van der Waals surface area contributed by atoms with Crippen molar-refractivity contribution in [3.8, 4) is 6.07 Å². The molecule has 2 heterocycles. The van der Waals surface area contributed by atoms with Gasteiger partial charge in [0.25, 0.3) is 0 Å². The van der Waals surface area contributed by atoms with E-state index in [0.717, 1.165) is 5.56 Å². The summed E-state index contributed by atoms with van der Waals surface area (Å²) in [6.07, 6.45) is 3.71. The van der Waals surface area contributed by atoms with Crippen molar-refractivity contribution >= 4 is 35.0 Å². The Hall–Kier alpha value is -3.33. The Bertz CT molecular complexity index is 871. The number of nitrogens with one attached hydrogen (secondary N) is 1. The van der Waals surface area contributed by atoms with Gasteiger partial charge in [-0.15, -0.1) is 0 Å². The van der Waals surface area contributed by atoms with Crippen LogP contribution in [0, 0.1) is 11.3 Å². The topological polar surface area (TPSA) is 117 Å². The van der Waals surface area contributed by atoms with E-state index in [4.69, 9.17) is 11.5 Å². The maximum Gasteiger partial charge on any atom is 0.223 e. The van der Waals surface area contributed by atoms with Crippen LogP contribution in [0.15, 0.2) is 30.3 Å². The molecule has 0 amide bonds. The third kappa shape index (κ3) is 2.28. The van der Waals surface area contributed by atoms with Gasteiger partial charge in [0, 0.05) is 0 Å². The number of nitrogens with zero attached hydrogens (tertiary/aromatic N) is 3. The number of nitrogens with two attached hydrogens (primary N) is 2. The predicted molar refractivity (Wildman–Crippen MR) is 82.8 cm³/mol. The molecule has 6 heteroatoms. The van der Waals surface area contributed by atoms with Crippen molar-refractivity contribution in [1.82, 2.24) is 15.0 Å². The van der Waals surface area contributed by atoms with Crippen LogP contribution >= 0.6 is 0 Å². The lowest BCUT2D eigenvalue weighted by atomic mass is 10.1. The first-order chi connectivity index (χ1) is 10.2. The maximum atomic E-state index is 9.35. The van der Waals surface area contributed by atoms with Gasteiger partial charge in [0.05, 0.1) is 16.6 Å². The molecule has 0 saturated heterocycles. The van der Waals surface area contributed by atoms with E-state index >= 15 is 0 Å². The summed E-state index contributed by atoms with van der Waals surface area (Å²) in [5.74, 6) is 0.272. The smallest absolute Gasteiger partial charge is 0.223 e. The second kappa shape index (κ2) is 4.98. The highest BCUT2D eigenvalue weighted by atomic mass is 15.1. The van der Waals surface area contributed by atoms with Gasteiger partial charge in [-0.3, -0.25) is 0 Å². The van der Waals surface area contributed by atoms with E-state index in [0.29, 0.717) is 22.3 Å².